The molecule has 0 saturated carbocycles. The summed E-state index contributed by atoms with van der Waals surface area (Å²) >= 11 is 0. The Kier molecular flexibility index (Phi) is 7.86. The Morgan fingerprint density at radius 2 is 1.53 bits per heavy atom. The number of carbonyl (C=O) groups excluding carboxylic acids is 2. The molecular weight excluding hydrogens is 406 g/mol. The lowest BCUT2D eigenvalue weighted by atomic mass is 10.1. The molecule has 0 aliphatic carbocycles. The van der Waals surface area contributed by atoms with Crippen LogP contribution >= 0.6 is 0 Å². The highest BCUT2D eigenvalue weighted by molar-refractivity contribution is 5.96. The van der Waals surface area contributed by atoms with Crippen LogP contribution < -0.4 is 14.8 Å². The van der Waals surface area contributed by atoms with Crippen LogP contribution in [-0.2, 0) is 14.3 Å². The fraction of sp³-hybridized carbons (Fsp3) is 0.231. The van der Waals surface area contributed by atoms with Crippen LogP contribution in [0.1, 0.15) is 29.7 Å². The average Bonchev–Trinajstić information content (AvgIpc) is 2.80. The van der Waals surface area contributed by atoms with Crippen molar-refractivity contribution in [1.29, 1.82) is 0 Å². The van der Waals surface area contributed by atoms with Gasteiger partial charge in [-0.3, -0.25) is 4.79 Å². The van der Waals surface area contributed by atoms with Crippen LogP contribution in [0.25, 0.3) is 0 Å². The molecule has 3 rings (SSSR count). The third-order valence-electron chi connectivity index (χ3n) is 4.73. The molecule has 1 unspecified atom stereocenters. The van der Waals surface area contributed by atoms with Crippen LogP contribution in [0.5, 0.6) is 11.5 Å². The van der Waals surface area contributed by atoms with Crippen molar-refractivity contribution in [1.82, 2.24) is 0 Å². The number of esters is 1. The van der Waals surface area contributed by atoms with Gasteiger partial charge in [-0.25, -0.2) is 4.79 Å². The van der Waals surface area contributed by atoms with Crippen LogP contribution in [-0.4, -0.2) is 25.1 Å². The fourth-order valence-corrected chi connectivity index (χ4v) is 3.08. The van der Waals surface area contributed by atoms with E-state index >= 15 is 0 Å². The van der Waals surface area contributed by atoms with Gasteiger partial charge in [0, 0.05) is 11.3 Å². The van der Waals surface area contributed by atoms with E-state index in [0.717, 1.165) is 16.9 Å². The van der Waals surface area contributed by atoms with Crippen molar-refractivity contribution in [2.45, 2.75) is 26.9 Å². The van der Waals surface area contributed by atoms with Crippen molar-refractivity contribution < 1.29 is 23.8 Å². The van der Waals surface area contributed by atoms with E-state index in [9.17, 15) is 9.59 Å². The summed E-state index contributed by atoms with van der Waals surface area (Å²) in [6.45, 7) is 6.00. The van der Waals surface area contributed by atoms with Gasteiger partial charge in [-0.2, -0.15) is 0 Å². The third kappa shape index (κ3) is 6.35. The number of anilines is 1. The fourth-order valence-electron chi connectivity index (χ4n) is 3.08. The maximum absolute atomic E-state index is 13.0. The van der Waals surface area contributed by atoms with Crippen molar-refractivity contribution in [3.05, 3.63) is 89.5 Å². The Labute approximate surface area is 188 Å². The molecule has 0 aliphatic heterocycles. The number of carbonyl (C=O) groups is 2. The van der Waals surface area contributed by atoms with E-state index in [1.807, 2.05) is 45.0 Å². The minimum Gasteiger partial charge on any atom is -0.494 e. The SMILES string of the molecule is CCOc1ccc(OCC(=O)OC(C(=O)Nc2cc(C)ccc2C)c2ccccc2)cc1. The Morgan fingerprint density at radius 1 is 0.875 bits per heavy atom. The Balaban J connectivity index is 1.68. The highest BCUT2D eigenvalue weighted by Gasteiger charge is 2.25. The number of nitrogens with one attached hydrogen (secondary N) is 1. The van der Waals surface area contributed by atoms with Crippen molar-refractivity contribution in [2.24, 2.45) is 0 Å². The summed E-state index contributed by atoms with van der Waals surface area (Å²) in [5.41, 5.74) is 3.19. The monoisotopic (exact) mass is 433 g/mol. The summed E-state index contributed by atoms with van der Waals surface area (Å²) in [5.74, 6) is 0.138. The van der Waals surface area contributed by atoms with Gasteiger partial charge >= 0.3 is 5.97 Å². The predicted molar refractivity (Wildman–Crippen MR) is 123 cm³/mol. The first kappa shape index (κ1) is 22.9. The van der Waals surface area contributed by atoms with Gasteiger partial charge in [0.15, 0.2) is 6.61 Å². The Hall–Kier alpha value is -3.80. The van der Waals surface area contributed by atoms with E-state index in [2.05, 4.69) is 5.32 Å². The quantitative estimate of drug-likeness (QED) is 0.481. The van der Waals surface area contributed by atoms with E-state index in [0.29, 0.717) is 23.6 Å². The van der Waals surface area contributed by atoms with Crippen molar-refractivity contribution in [3.8, 4) is 11.5 Å². The molecule has 0 fully saturated rings. The second-order valence-electron chi connectivity index (χ2n) is 7.28. The van der Waals surface area contributed by atoms with Crippen LogP contribution in [0, 0.1) is 13.8 Å². The molecule has 3 aromatic carbocycles. The summed E-state index contributed by atoms with van der Waals surface area (Å²) in [6, 6.07) is 21.6. The van der Waals surface area contributed by atoms with Crippen LogP contribution in [0.3, 0.4) is 0 Å². The van der Waals surface area contributed by atoms with Gasteiger partial charge in [0.25, 0.3) is 5.91 Å². The molecule has 6 heteroatoms. The summed E-state index contributed by atoms with van der Waals surface area (Å²) in [6.07, 6.45) is -1.10. The standard InChI is InChI=1S/C26H27NO5/c1-4-30-21-12-14-22(15-13-21)31-17-24(28)32-25(20-8-6-5-7-9-20)26(29)27-23-16-18(2)10-11-19(23)3/h5-16,25H,4,17H2,1-3H3,(H,27,29). The first-order valence-electron chi connectivity index (χ1n) is 10.4. The predicted octanol–water partition coefficient (Wildman–Crippen LogP) is 5.00. The van der Waals surface area contributed by atoms with Crippen LogP contribution in [0.4, 0.5) is 5.69 Å². The molecule has 166 valence electrons. The molecule has 32 heavy (non-hydrogen) atoms. The van der Waals surface area contributed by atoms with Gasteiger partial charge in [-0.1, -0.05) is 42.5 Å². The summed E-state index contributed by atoms with van der Waals surface area (Å²) in [4.78, 5) is 25.5. The number of hydrogen-bond donors (Lipinski definition) is 1. The molecule has 1 atom stereocenters. The first-order chi connectivity index (χ1) is 15.5. The molecule has 0 saturated heterocycles. The minimum atomic E-state index is -1.10. The largest absolute Gasteiger partial charge is 0.494 e. The molecule has 0 bridgehead atoms. The van der Waals surface area contributed by atoms with Gasteiger partial charge in [-0.05, 0) is 62.2 Å². The highest BCUT2D eigenvalue weighted by atomic mass is 16.6. The summed E-state index contributed by atoms with van der Waals surface area (Å²) in [7, 11) is 0. The van der Waals surface area contributed by atoms with Gasteiger partial charge in [0.05, 0.1) is 6.61 Å². The molecule has 0 aromatic heterocycles. The van der Waals surface area contributed by atoms with E-state index in [1.165, 1.54) is 0 Å². The third-order valence-corrected chi connectivity index (χ3v) is 4.73. The smallest absolute Gasteiger partial charge is 0.345 e. The van der Waals surface area contributed by atoms with Crippen molar-refractivity contribution in [2.75, 3.05) is 18.5 Å². The number of ether oxygens (including phenoxy) is 3. The zero-order chi connectivity index (χ0) is 22.9. The Bertz CT molecular complexity index is 1050. The van der Waals surface area contributed by atoms with E-state index in [-0.39, 0.29) is 6.61 Å². The second kappa shape index (κ2) is 11.0. The topological polar surface area (TPSA) is 73.9 Å². The maximum atomic E-state index is 13.0. The molecule has 3 aromatic rings. The average molecular weight is 434 g/mol. The molecule has 0 spiro atoms. The van der Waals surface area contributed by atoms with E-state index in [4.69, 9.17) is 14.2 Å². The second-order valence-corrected chi connectivity index (χ2v) is 7.28. The zero-order valence-corrected chi connectivity index (χ0v) is 18.5. The normalized spacial score (nSPS) is 11.3. The maximum Gasteiger partial charge on any atom is 0.345 e. The Morgan fingerprint density at radius 3 is 2.19 bits per heavy atom. The first-order valence-corrected chi connectivity index (χ1v) is 10.4. The van der Waals surface area contributed by atoms with Gasteiger partial charge in [0.1, 0.15) is 11.5 Å². The van der Waals surface area contributed by atoms with Gasteiger partial charge < -0.3 is 19.5 Å². The van der Waals surface area contributed by atoms with E-state index < -0.39 is 18.0 Å². The van der Waals surface area contributed by atoms with Crippen LogP contribution in [0.2, 0.25) is 0 Å². The zero-order valence-electron chi connectivity index (χ0n) is 18.5. The summed E-state index contributed by atoms with van der Waals surface area (Å²) < 4.78 is 16.4. The number of aryl methyl sites for hydroxylation is 2. The summed E-state index contributed by atoms with van der Waals surface area (Å²) in [5, 5.41) is 2.88. The number of rotatable bonds is 9. The minimum absolute atomic E-state index is 0.325. The van der Waals surface area contributed by atoms with Crippen LogP contribution in [0.15, 0.2) is 72.8 Å². The van der Waals surface area contributed by atoms with Gasteiger partial charge in [0.2, 0.25) is 6.10 Å². The van der Waals surface area contributed by atoms with Crippen molar-refractivity contribution >= 4 is 17.6 Å². The number of amides is 1. The molecular formula is C26H27NO5. The number of hydrogen-bond acceptors (Lipinski definition) is 5. The lowest BCUT2D eigenvalue weighted by Crippen LogP contribution is -2.28. The van der Waals surface area contributed by atoms with E-state index in [1.54, 1.807) is 48.5 Å². The molecule has 1 amide bonds. The molecule has 1 N–H and O–H groups in total. The van der Waals surface area contributed by atoms with Crippen molar-refractivity contribution in [3.63, 3.8) is 0 Å². The molecule has 0 aliphatic rings. The number of benzene rings is 3. The lowest BCUT2D eigenvalue weighted by Gasteiger charge is -2.19. The molecule has 0 radical (unpaired) electrons. The molecule has 0 heterocycles. The molecule has 6 nitrogen and oxygen atoms in total. The van der Waals surface area contributed by atoms with Gasteiger partial charge in [-0.15, -0.1) is 0 Å². The lowest BCUT2D eigenvalue weighted by molar-refractivity contribution is -0.156. The highest BCUT2D eigenvalue weighted by Crippen LogP contribution is 2.23.